The molecule has 0 radical (unpaired) electrons. The van der Waals surface area contributed by atoms with Crippen molar-refractivity contribution < 1.29 is 0 Å². The van der Waals surface area contributed by atoms with Crippen LogP contribution < -0.4 is 4.90 Å². The van der Waals surface area contributed by atoms with Crippen LogP contribution in [0.25, 0.3) is 22.4 Å². The minimum Gasteiger partial charge on any atom is -0.357 e. The van der Waals surface area contributed by atoms with Crippen LogP contribution in [0.4, 0.5) is 5.82 Å². The van der Waals surface area contributed by atoms with Gasteiger partial charge in [-0.25, -0.2) is 9.97 Å². The SMILES string of the molecule is Cn1cnnc1C1CCN(c2cc(-c3nc4ccccc4n3C)c(Cl)cn2)CC1. The minimum absolute atomic E-state index is 0.436. The summed E-state index contributed by atoms with van der Waals surface area (Å²) in [5.74, 6) is 3.29. The third kappa shape index (κ3) is 3.15. The highest BCUT2D eigenvalue weighted by atomic mass is 35.5. The maximum atomic E-state index is 6.53. The van der Waals surface area contributed by atoms with Gasteiger partial charge in [-0.1, -0.05) is 23.7 Å². The van der Waals surface area contributed by atoms with Crippen molar-refractivity contribution in [3.8, 4) is 11.4 Å². The molecule has 1 aliphatic rings. The zero-order chi connectivity index (χ0) is 20.0. The van der Waals surface area contributed by atoms with Gasteiger partial charge in [0.1, 0.15) is 23.8 Å². The lowest BCUT2D eigenvalue weighted by Crippen LogP contribution is -2.34. The number of rotatable bonds is 3. The number of hydrogen-bond acceptors (Lipinski definition) is 5. The standard InChI is InChI=1S/C21H22ClN7/c1-27-13-24-26-20(27)14-7-9-29(10-8-14)19-11-15(16(22)12-23-19)21-25-17-5-3-4-6-18(17)28(21)2/h3-6,11-14H,7-10H2,1-2H3. The molecule has 148 valence electrons. The van der Waals surface area contributed by atoms with Crippen molar-refractivity contribution in [2.24, 2.45) is 14.1 Å². The third-order valence-corrected chi connectivity index (χ3v) is 6.10. The molecular formula is C21H22ClN7. The number of imidazole rings is 1. The molecule has 5 rings (SSSR count). The van der Waals surface area contributed by atoms with Gasteiger partial charge in [-0.2, -0.15) is 0 Å². The molecule has 4 aromatic rings. The number of piperidine rings is 1. The first kappa shape index (κ1) is 18.1. The molecule has 8 heteroatoms. The molecule has 7 nitrogen and oxygen atoms in total. The van der Waals surface area contributed by atoms with Crippen LogP contribution >= 0.6 is 11.6 Å². The molecule has 1 fully saturated rings. The van der Waals surface area contributed by atoms with Crippen LogP contribution in [0.5, 0.6) is 0 Å². The number of aryl methyl sites for hydroxylation is 2. The molecule has 0 amide bonds. The topological polar surface area (TPSA) is 64.7 Å². The summed E-state index contributed by atoms with van der Waals surface area (Å²) in [7, 11) is 4.03. The third-order valence-electron chi connectivity index (χ3n) is 5.80. The van der Waals surface area contributed by atoms with E-state index in [0.717, 1.165) is 60.0 Å². The Morgan fingerprint density at radius 3 is 2.62 bits per heavy atom. The average Bonchev–Trinajstić information content (AvgIpc) is 3.32. The summed E-state index contributed by atoms with van der Waals surface area (Å²) in [4.78, 5) is 11.7. The maximum absolute atomic E-state index is 6.53. The minimum atomic E-state index is 0.436. The van der Waals surface area contributed by atoms with Crippen LogP contribution in [0.2, 0.25) is 5.02 Å². The van der Waals surface area contributed by atoms with Crippen molar-refractivity contribution in [2.75, 3.05) is 18.0 Å². The van der Waals surface area contributed by atoms with E-state index in [2.05, 4.69) is 36.8 Å². The molecule has 0 aliphatic carbocycles. The van der Waals surface area contributed by atoms with Gasteiger partial charge < -0.3 is 14.0 Å². The monoisotopic (exact) mass is 407 g/mol. The Morgan fingerprint density at radius 2 is 1.90 bits per heavy atom. The van der Waals surface area contributed by atoms with Gasteiger partial charge in [-0.3, -0.25) is 0 Å². The lowest BCUT2D eigenvalue weighted by Gasteiger charge is -2.32. The Kier molecular flexibility index (Phi) is 4.47. The smallest absolute Gasteiger partial charge is 0.142 e. The first-order chi connectivity index (χ1) is 14.1. The molecule has 0 spiro atoms. The molecule has 1 aliphatic heterocycles. The van der Waals surface area contributed by atoms with Crippen molar-refractivity contribution in [1.82, 2.24) is 29.3 Å². The van der Waals surface area contributed by atoms with Crippen LogP contribution in [-0.4, -0.2) is 42.4 Å². The van der Waals surface area contributed by atoms with E-state index in [1.165, 1.54) is 0 Å². The van der Waals surface area contributed by atoms with E-state index in [1.807, 2.05) is 36.9 Å². The summed E-state index contributed by atoms with van der Waals surface area (Å²) in [6.07, 6.45) is 5.56. The molecule has 0 bridgehead atoms. The number of aromatic nitrogens is 6. The number of pyridine rings is 1. The number of hydrogen-bond donors (Lipinski definition) is 0. The number of halogens is 1. The Labute approximate surface area is 174 Å². The molecule has 29 heavy (non-hydrogen) atoms. The molecule has 0 saturated carbocycles. The molecule has 4 heterocycles. The number of fused-ring (bicyclic) bond motifs is 1. The Morgan fingerprint density at radius 1 is 1.10 bits per heavy atom. The van der Waals surface area contributed by atoms with E-state index in [-0.39, 0.29) is 0 Å². The number of nitrogens with zero attached hydrogens (tertiary/aromatic N) is 7. The predicted molar refractivity (Wildman–Crippen MR) is 114 cm³/mol. The van der Waals surface area contributed by atoms with E-state index in [1.54, 1.807) is 12.5 Å². The number of anilines is 1. The summed E-state index contributed by atoms with van der Waals surface area (Å²) in [5.41, 5.74) is 2.95. The van der Waals surface area contributed by atoms with Gasteiger partial charge in [-0.15, -0.1) is 10.2 Å². The Hall–Kier alpha value is -2.93. The van der Waals surface area contributed by atoms with Gasteiger partial charge in [0.05, 0.1) is 16.1 Å². The Bertz CT molecular complexity index is 1170. The van der Waals surface area contributed by atoms with Gasteiger partial charge in [0.2, 0.25) is 0 Å². The molecule has 0 unspecified atom stereocenters. The normalized spacial score (nSPS) is 15.3. The van der Waals surface area contributed by atoms with E-state index >= 15 is 0 Å². The van der Waals surface area contributed by atoms with Gasteiger partial charge in [0, 0.05) is 44.9 Å². The van der Waals surface area contributed by atoms with Crippen molar-refractivity contribution in [3.63, 3.8) is 0 Å². The largest absolute Gasteiger partial charge is 0.357 e. The van der Waals surface area contributed by atoms with Crippen LogP contribution in [0.3, 0.4) is 0 Å². The quantitative estimate of drug-likeness (QED) is 0.516. The number of benzene rings is 1. The van der Waals surface area contributed by atoms with Crippen molar-refractivity contribution in [3.05, 3.63) is 53.7 Å². The predicted octanol–water partition coefficient (Wildman–Crippen LogP) is 3.80. The zero-order valence-electron chi connectivity index (χ0n) is 16.5. The summed E-state index contributed by atoms with van der Waals surface area (Å²) in [6.45, 7) is 1.85. The molecule has 0 N–H and O–H groups in total. The highest BCUT2D eigenvalue weighted by molar-refractivity contribution is 6.33. The maximum Gasteiger partial charge on any atom is 0.142 e. The highest BCUT2D eigenvalue weighted by Gasteiger charge is 2.25. The summed E-state index contributed by atoms with van der Waals surface area (Å²) in [5, 5.41) is 8.91. The van der Waals surface area contributed by atoms with Crippen molar-refractivity contribution in [2.45, 2.75) is 18.8 Å². The fourth-order valence-corrected chi connectivity index (χ4v) is 4.37. The zero-order valence-corrected chi connectivity index (χ0v) is 17.2. The first-order valence-corrected chi connectivity index (χ1v) is 10.2. The lowest BCUT2D eigenvalue weighted by molar-refractivity contribution is 0.472. The van der Waals surface area contributed by atoms with Crippen LogP contribution in [0.1, 0.15) is 24.6 Å². The second-order valence-electron chi connectivity index (χ2n) is 7.57. The molecule has 1 aromatic carbocycles. The van der Waals surface area contributed by atoms with Crippen molar-refractivity contribution >= 4 is 28.5 Å². The van der Waals surface area contributed by atoms with E-state index in [4.69, 9.17) is 16.6 Å². The van der Waals surface area contributed by atoms with Crippen LogP contribution in [0.15, 0.2) is 42.9 Å². The fraction of sp³-hybridized carbons (Fsp3) is 0.333. The summed E-state index contributed by atoms with van der Waals surface area (Å²) >= 11 is 6.53. The Balaban J connectivity index is 1.43. The second-order valence-corrected chi connectivity index (χ2v) is 7.97. The molecule has 0 atom stereocenters. The molecular weight excluding hydrogens is 386 g/mol. The van der Waals surface area contributed by atoms with Crippen LogP contribution in [0, 0.1) is 0 Å². The first-order valence-electron chi connectivity index (χ1n) is 9.78. The lowest BCUT2D eigenvalue weighted by atomic mass is 9.96. The summed E-state index contributed by atoms with van der Waals surface area (Å²) < 4.78 is 4.10. The van der Waals surface area contributed by atoms with E-state index < -0.39 is 0 Å². The second kappa shape index (κ2) is 7.15. The molecule has 3 aromatic heterocycles. The number of para-hydroxylation sites is 2. The van der Waals surface area contributed by atoms with Gasteiger partial charge in [-0.05, 0) is 31.0 Å². The van der Waals surface area contributed by atoms with Crippen LogP contribution in [-0.2, 0) is 14.1 Å². The van der Waals surface area contributed by atoms with Gasteiger partial charge in [0.15, 0.2) is 0 Å². The average molecular weight is 408 g/mol. The van der Waals surface area contributed by atoms with Gasteiger partial charge in [0.25, 0.3) is 0 Å². The fourth-order valence-electron chi connectivity index (χ4n) is 4.19. The van der Waals surface area contributed by atoms with E-state index in [9.17, 15) is 0 Å². The van der Waals surface area contributed by atoms with E-state index in [0.29, 0.717) is 10.9 Å². The molecule has 1 saturated heterocycles. The summed E-state index contributed by atoms with van der Waals surface area (Å²) in [6, 6.07) is 10.2. The van der Waals surface area contributed by atoms with Gasteiger partial charge >= 0.3 is 0 Å². The highest BCUT2D eigenvalue weighted by Crippen LogP contribution is 2.34. The van der Waals surface area contributed by atoms with Crippen molar-refractivity contribution in [1.29, 1.82) is 0 Å².